The number of likely N-dealkylation sites (tertiary alicyclic amines) is 1. The Balaban J connectivity index is 2.31. The molecule has 0 aromatic heterocycles. The van der Waals surface area contributed by atoms with Crippen LogP contribution in [-0.2, 0) is 0 Å². The number of amides is 1. The van der Waals surface area contributed by atoms with Gasteiger partial charge in [0.05, 0.1) is 4.92 Å². The van der Waals surface area contributed by atoms with Crippen LogP contribution in [0, 0.1) is 10.1 Å². The Bertz CT molecular complexity index is 618. The van der Waals surface area contributed by atoms with Gasteiger partial charge in [-0.05, 0) is 25.0 Å². The van der Waals surface area contributed by atoms with Gasteiger partial charge in [-0.1, -0.05) is 0 Å². The van der Waals surface area contributed by atoms with Crippen LogP contribution in [0.25, 0.3) is 0 Å². The van der Waals surface area contributed by atoms with Gasteiger partial charge in [-0.15, -0.1) is 0 Å². The predicted octanol–water partition coefficient (Wildman–Crippen LogP) is 3.07. The molecule has 0 atom stereocenters. The van der Waals surface area contributed by atoms with Crippen molar-refractivity contribution in [3.8, 4) is 5.75 Å². The number of rotatable bonds is 5. The summed E-state index contributed by atoms with van der Waals surface area (Å²) in [5, 5.41) is 10.9. The van der Waals surface area contributed by atoms with Crippen molar-refractivity contribution in [1.82, 2.24) is 4.90 Å². The molecule has 0 radical (unpaired) electrons. The SMILES string of the molecule is O=C(c1ccc(OC(F)(F)C(F)F)c([N+](=O)[O-])c1)N1CCCC1. The summed E-state index contributed by atoms with van der Waals surface area (Å²) >= 11 is 0. The summed E-state index contributed by atoms with van der Waals surface area (Å²) in [7, 11) is 0. The standard InChI is InChI=1S/C13H12F4N2O4/c14-12(15)13(16,17)23-10-4-3-8(7-9(10)19(21)22)11(20)18-5-1-2-6-18/h3-4,7,12H,1-2,5-6H2. The van der Waals surface area contributed by atoms with E-state index in [0.717, 1.165) is 31.0 Å². The molecule has 0 saturated carbocycles. The van der Waals surface area contributed by atoms with Crippen LogP contribution >= 0.6 is 0 Å². The average molecular weight is 336 g/mol. The Hall–Kier alpha value is -2.39. The molecule has 1 fully saturated rings. The Morgan fingerprint density at radius 1 is 1.30 bits per heavy atom. The van der Waals surface area contributed by atoms with Crippen molar-refractivity contribution in [1.29, 1.82) is 0 Å². The number of carbonyl (C=O) groups excluding carboxylic acids is 1. The molecule has 1 saturated heterocycles. The van der Waals surface area contributed by atoms with Gasteiger partial charge < -0.3 is 9.64 Å². The van der Waals surface area contributed by atoms with Crippen LogP contribution in [0.3, 0.4) is 0 Å². The normalized spacial score (nSPS) is 15.1. The number of ether oxygens (including phenoxy) is 1. The minimum atomic E-state index is -4.87. The first kappa shape index (κ1) is 17.0. The Kier molecular flexibility index (Phi) is 4.71. The van der Waals surface area contributed by atoms with Gasteiger partial charge in [0.1, 0.15) is 0 Å². The van der Waals surface area contributed by atoms with Crippen molar-refractivity contribution in [2.24, 2.45) is 0 Å². The first-order valence-electron chi connectivity index (χ1n) is 6.65. The number of nitro benzene ring substituents is 1. The van der Waals surface area contributed by atoms with E-state index in [1.165, 1.54) is 4.90 Å². The first-order chi connectivity index (χ1) is 10.7. The molecule has 0 aliphatic carbocycles. The number of benzene rings is 1. The van der Waals surface area contributed by atoms with E-state index >= 15 is 0 Å². The molecule has 23 heavy (non-hydrogen) atoms. The van der Waals surface area contributed by atoms with Crippen LogP contribution in [0.5, 0.6) is 5.75 Å². The van der Waals surface area contributed by atoms with Gasteiger partial charge in [-0.2, -0.15) is 17.6 Å². The number of nitrogens with zero attached hydrogens (tertiary/aromatic N) is 2. The van der Waals surface area contributed by atoms with E-state index < -0.39 is 34.8 Å². The van der Waals surface area contributed by atoms with E-state index in [2.05, 4.69) is 4.74 Å². The number of alkyl halides is 4. The van der Waals surface area contributed by atoms with Gasteiger partial charge in [-0.25, -0.2) is 0 Å². The summed E-state index contributed by atoms with van der Waals surface area (Å²) in [6, 6.07) is 2.50. The van der Waals surface area contributed by atoms with E-state index in [4.69, 9.17) is 0 Å². The molecule has 0 N–H and O–H groups in total. The second-order valence-corrected chi connectivity index (χ2v) is 4.90. The minimum absolute atomic E-state index is 0.0914. The zero-order chi connectivity index (χ0) is 17.2. The molecule has 6 nitrogen and oxygen atoms in total. The highest BCUT2D eigenvalue weighted by Gasteiger charge is 2.45. The van der Waals surface area contributed by atoms with Crippen molar-refractivity contribution >= 4 is 11.6 Å². The van der Waals surface area contributed by atoms with Crippen LogP contribution in [-0.4, -0.2) is 41.4 Å². The number of nitro groups is 1. The quantitative estimate of drug-likeness (QED) is 0.471. The second kappa shape index (κ2) is 6.39. The van der Waals surface area contributed by atoms with Gasteiger partial charge in [0.25, 0.3) is 5.91 Å². The molecular formula is C13H12F4N2O4. The number of hydrogen-bond acceptors (Lipinski definition) is 4. The zero-order valence-corrected chi connectivity index (χ0v) is 11.7. The summed E-state index contributed by atoms with van der Waals surface area (Å²) in [6.45, 7) is 0.989. The van der Waals surface area contributed by atoms with Crippen LogP contribution in [0.15, 0.2) is 18.2 Å². The lowest BCUT2D eigenvalue weighted by Crippen LogP contribution is -2.33. The number of hydrogen-bond donors (Lipinski definition) is 0. The van der Waals surface area contributed by atoms with Crippen molar-refractivity contribution in [3.63, 3.8) is 0 Å². The highest BCUT2D eigenvalue weighted by molar-refractivity contribution is 5.95. The zero-order valence-electron chi connectivity index (χ0n) is 11.7. The van der Waals surface area contributed by atoms with E-state index in [9.17, 15) is 32.5 Å². The maximum atomic E-state index is 12.9. The summed E-state index contributed by atoms with van der Waals surface area (Å²) in [5.74, 6) is -1.52. The molecule has 1 heterocycles. The smallest absolute Gasteiger partial charge is 0.421 e. The van der Waals surface area contributed by atoms with Gasteiger partial charge in [0.15, 0.2) is 0 Å². The Labute approximate surface area is 127 Å². The van der Waals surface area contributed by atoms with Gasteiger partial charge in [0, 0.05) is 24.7 Å². The Morgan fingerprint density at radius 2 is 1.91 bits per heavy atom. The lowest BCUT2D eigenvalue weighted by Gasteiger charge is -2.18. The highest BCUT2D eigenvalue weighted by Crippen LogP contribution is 2.35. The average Bonchev–Trinajstić information content (AvgIpc) is 3.00. The lowest BCUT2D eigenvalue weighted by molar-refractivity contribution is -0.387. The van der Waals surface area contributed by atoms with E-state index in [1.54, 1.807) is 0 Å². The summed E-state index contributed by atoms with van der Waals surface area (Å²) in [4.78, 5) is 23.5. The molecule has 0 bridgehead atoms. The third kappa shape index (κ3) is 3.69. The molecule has 1 amide bonds. The molecule has 0 unspecified atom stereocenters. The van der Waals surface area contributed by atoms with Crippen LogP contribution in [0.1, 0.15) is 23.2 Å². The summed E-state index contributed by atoms with van der Waals surface area (Å²) in [6.07, 6.45) is -7.41. The third-order valence-electron chi connectivity index (χ3n) is 3.30. The molecular weight excluding hydrogens is 324 g/mol. The fourth-order valence-electron chi connectivity index (χ4n) is 2.17. The van der Waals surface area contributed by atoms with E-state index in [-0.39, 0.29) is 5.56 Å². The molecule has 0 spiro atoms. The van der Waals surface area contributed by atoms with Gasteiger partial charge >= 0.3 is 18.2 Å². The molecule has 1 aromatic rings. The first-order valence-corrected chi connectivity index (χ1v) is 6.65. The topological polar surface area (TPSA) is 72.7 Å². The van der Waals surface area contributed by atoms with Crippen LogP contribution < -0.4 is 4.74 Å². The summed E-state index contributed by atoms with van der Waals surface area (Å²) < 4.78 is 53.9. The van der Waals surface area contributed by atoms with E-state index in [1.807, 2.05) is 0 Å². The second-order valence-electron chi connectivity index (χ2n) is 4.90. The molecule has 1 aromatic carbocycles. The summed E-state index contributed by atoms with van der Waals surface area (Å²) in [5.41, 5.74) is -1.07. The monoisotopic (exact) mass is 336 g/mol. The van der Waals surface area contributed by atoms with Gasteiger partial charge in [-0.3, -0.25) is 14.9 Å². The number of halogens is 4. The highest BCUT2D eigenvalue weighted by atomic mass is 19.3. The van der Waals surface area contributed by atoms with Crippen molar-refractivity contribution in [3.05, 3.63) is 33.9 Å². The molecule has 1 aliphatic heterocycles. The lowest BCUT2D eigenvalue weighted by atomic mass is 10.1. The maximum Gasteiger partial charge on any atom is 0.461 e. The van der Waals surface area contributed by atoms with Crippen molar-refractivity contribution < 1.29 is 32.0 Å². The molecule has 126 valence electrons. The largest absolute Gasteiger partial charge is 0.461 e. The number of carbonyl (C=O) groups is 1. The molecule has 10 heteroatoms. The minimum Gasteiger partial charge on any atom is -0.421 e. The maximum absolute atomic E-state index is 12.9. The van der Waals surface area contributed by atoms with E-state index in [0.29, 0.717) is 13.1 Å². The van der Waals surface area contributed by atoms with Crippen LogP contribution in [0.4, 0.5) is 23.2 Å². The van der Waals surface area contributed by atoms with Gasteiger partial charge in [0.2, 0.25) is 5.75 Å². The van der Waals surface area contributed by atoms with Crippen molar-refractivity contribution in [2.75, 3.05) is 13.1 Å². The third-order valence-corrected chi connectivity index (χ3v) is 3.30. The van der Waals surface area contributed by atoms with Crippen LogP contribution in [0.2, 0.25) is 0 Å². The van der Waals surface area contributed by atoms with Crippen molar-refractivity contribution in [2.45, 2.75) is 25.4 Å². The fourth-order valence-corrected chi connectivity index (χ4v) is 2.17. The Morgan fingerprint density at radius 3 is 2.43 bits per heavy atom. The molecule has 2 rings (SSSR count). The predicted molar refractivity (Wildman–Crippen MR) is 69.8 cm³/mol. The fraction of sp³-hybridized carbons (Fsp3) is 0.462. The molecule has 1 aliphatic rings.